The van der Waals surface area contributed by atoms with E-state index in [1.54, 1.807) is 0 Å². The van der Waals surface area contributed by atoms with Crippen LogP contribution in [-0.4, -0.2) is 5.38 Å². The van der Waals surface area contributed by atoms with Crippen LogP contribution < -0.4 is 0 Å². The molecule has 0 bridgehead atoms. The van der Waals surface area contributed by atoms with E-state index in [0.717, 1.165) is 0 Å². The van der Waals surface area contributed by atoms with Gasteiger partial charge >= 0.3 is 0 Å². The largest absolute Gasteiger partial charge is 0.149 e. The smallest absolute Gasteiger partial charge is 0.0364 e. The molecule has 1 aromatic rings. The molecule has 1 aromatic heterocycles. The topological polar surface area (TPSA) is 0 Å². The summed E-state index contributed by atoms with van der Waals surface area (Å²) in [6.45, 7) is 2.14. The van der Waals surface area contributed by atoms with Crippen LogP contribution in [-0.2, 0) is 6.42 Å². The highest BCUT2D eigenvalue weighted by Gasteiger charge is 2.45. The first-order valence-corrected chi connectivity index (χ1v) is 6.21. The Balaban J connectivity index is 1.86. The predicted molar refractivity (Wildman–Crippen MR) is 59.6 cm³/mol. The van der Waals surface area contributed by atoms with E-state index in [9.17, 15) is 0 Å². The molecule has 13 heavy (non-hydrogen) atoms. The zero-order valence-electron chi connectivity index (χ0n) is 7.92. The second-order valence-electron chi connectivity index (χ2n) is 4.06. The van der Waals surface area contributed by atoms with E-state index >= 15 is 0 Å². The van der Waals surface area contributed by atoms with Crippen LogP contribution in [0, 0.1) is 5.41 Å². The molecule has 0 amide bonds. The van der Waals surface area contributed by atoms with E-state index < -0.39 is 0 Å². The lowest BCUT2D eigenvalue weighted by Crippen LogP contribution is -2.13. The van der Waals surface area contributed by atoms with Gasteiger partial charge in [-0.15, -0.1) is 22.9 Å². The third-order valence-electron chi connectivity index (χ3n) is 3.19. The number of rotatable bonds is 4. The first-order chi connectivity index (χ1) is 6.23. The van der Waals surface area contributed by atoms with Gasteiger partial charge in [0.1, 0.15) is 0 Å². The molecular formula is C11H15ClS. The molecule has 2 heteroatoms. The number of alkyl halides is 1. The number of halogens is 1. The van der Waals surface area contributed by atoms with Crippen molar-refractivity contribution in [1.82, 2.24) is 0 Å². The normalized spacial score (nSPS) is 21.4. The molecule has 0 spiro atoms. The molecule has 1 unspecified atom stereocenters. The van der Waals surface area contributed by atoms with Crippen molar-refractivity contribution in [3.63, 3.8) is 0 Å². The van der Waals surface area contributed by atoms with Gasteiger partial charge in [0.2, 0.25) is 0 Å². The summed E-state index contributed by atoms with van der Waals surface area (Å²) >= 11 is 8.04. The molecule has 2 rings (SSSR count). The van der Waals surface area contributed by atoms with Crippen molar-refractivity contribution < 1.29 is 0 Å². The van der Waals surface area contributed by atoms with E-state index in [4.69, 9.17) is 11.6 Å². The summed E-state index contributed by atoms with van der Waals surface area (Å²) in [6, 6.07) is 4.35. The minimum Gasteiger partial charge on any atom is -0.149 e. The van der Waals surface area contributed by atoms with E-state index in [2.05, 4.69) is 24.4 Å². The van der Waals surface area contributed by atoms with Gasteiger partial charge in [-0.05, 0) is 49.5 Å². The van der Waals surface area contributed by atoms with Crippen LogP contribution in [0.3, 0.4) is 0 Å². The predicted octanol–water partition coefficient (Wildman–Crippen LogP) is 4.09. The lowest BCUT2D eigenvalue weighted by molar-refractivity contribution is 0.459. The zero-order valence-corrected chi connectivity index (χ0v) is 9.50. The molecule has 0 N–H and O–H groups in total. The Morgan fingerprint density at radius 1 is 1.62 bits per heavy atom. The number of aryl methyl sites for hydroxylation is 1. The molecular weight excluding hydrogens is 200 g/mol. The second kappa shape index (κ2) is 3.62. The van der Waals surface area contributed by atoms with Gasteiger partial charge in [0.15, 0.2) is 0 Å². The third kappa shape index (κ3) is 2.08. The summed E-state index contributed by atoms with van der Waals surface area (Å²) in [5.74, 6) is 0. The number of thiophene rings is 1. The Hall–Kier alpha value is -0.0100. The molecule has 1 aliphatic rings. The van der Waals surface area contributed by atoms with Crippen LogP contribution in [0.2, 0.25) is 0 Å². The van der Waals surface area contributed by atoms with Gasteiger partial charge in [-0.1, -0.05) is 6.07 Å². The van der Waals surface area contributed by atoms with Crippen molar-refractivity contribution in [3.05, 3.63) is 22.4 Å². The summed E-state index contributed by atoms with van der Waals surface area (Å²) in [4.78, 5) is 1.50. The fraction of sp³-hybridized carbons (Fsp3) is 0.636. The van der Waals surface area contributed by atoms with Crippen molar-refractivity contribution in [2.45, 2.75) is 38.0 Å². The van der Waals surface area contributed by atoms with Gasteiger partial charge in [-0.2, -0.15) is 0 Å². The maximum absolute atomic E-state index is 6.18. The third-order valence-corrected chi connectivity index (χ3v) is 4.58. The van der Waals surface area contributed by atoms with Crippen molar-refractivity contribution in [3.8, 4) is 0 Å². The van der Waals surface area contributed by atoms with Gasteiger partial charge in [-0.25, -0.2) is 0 Å². The molecule has 0 saturated heterocycles. The van der Waals surface area contributed by atoms with Crippen LogP contribution in [0.15, 0.2) is 17.5 Å². The van der Waals surface area contributed by atoms with Crippen LogP contribution in [0.4, 0.5) is 0 Å². The molecule has 1 saturated carbocycles. The van der Waals surface area contributed by atoms with Crippen molar-refractivity contribution in [2.75, 3.05) is 0 Å². The highest BCUT2D eigenvalue weighted by molar-refractivity contribution is 7.09. The van der Waals surface area contributed by atoms with Gasteiger partial charge < -0.3 is 0 Å². The van der Waals surface area contributed by atoms with E-state index in [0.29, 0.717) is 10.8 Å². The number of hydrogen-bond donors (Lipinski definition) is 0. The highest BCUT2D eigenvalue weighted by Crippen LogP contribution is 2.54. The zero-order chi connectivity index (χ0) is 9.31. The molecule has 1 atom stereocenters. The van der Waals surface area contributed by atoms with E-state index in [-0.39, 0.29) is 0 Å². The molecule has 0 nitrogen and oxygen atoms in total. The Kier molecular flexibility index (Phi) is 2.66. The minimum absolute atomic E-state index is 0.354. The monoisotopic (exact) mass is 214 g/mol. The molecule has 0 aromatic carbocycles. The summed E-state index contributed by atoms with van der Waals surface area (Å²) < 4.78 is 0. The van der Waals surface area contributed by atoms with E-state index in [1.807, 2.05) is 11.3 Å². The standard InChI is InChI=1S/C11H15ClS/c1-9(12)11(6-7-11)5-4-10-3-2-8-13-10/h2-3,8-9H,4-7H2,1H3. The van der Waals surface area contributed by atoms with E-state index in [1.165, 1.54) is 30.6 Å². The van der Waals surface area contributed by atoms with Crippen molar-refractivity contribution in [1.29, 1.82) is 0 Å². The lowest BCUT2D eigenvalue weighted by atomic mass is 9.96. The second-order valence-corrected chi connectivity index (χ2v) is 5.74. The van der Waals surface area contributed by atoms with Gasteiger partial charge in [-0.3, -0.25) is 0 Å². The summed E-state index contributed by atoms with van der Waals surface area (Å²) in [6.07, 6.45) is 5.17. The SMILES string of the molecule is CC(Cl)C1(CCc2cccs2)CC1. The first-order valence-electron chi connectivity index (χ1n) is 4.89. The summed E-state index contributed by atoms with van der Waals surface area (Å²) in [5, 5.41) is 2.51. The molecule has 1 aliphatic carbocycles. The molecule has 72 valence electrons. The first kappa shape index (κ1) is 9.54. The van der Waals surface area contributed by atoms with Gasteiger partial charge in [0.25, 0.3) is 0 Å². The fourth-order valence-corrected chi connectivity index (χ4v) is 2.87. The Bertz CT molecular complexity index is 260. The summed E-state index contributed by atoms with van der Waals surface area (Å²) in [5.41, 5.74) is 0.492. The van der Waals surface area contributed by atoms with Gasteiger partial charge in [0.05, 0.1) is 0 Å². The molecule has 1 fully saturated rings. The van der Waals surface area contributed by atoms with Crippen LogP contribution in [0.25, 0.3) is 0 Å². The molecule has 0 aliphatic heterocycles. The summed E-state index contributed by atoms with van der Waals surface area (Å²) in [7, 11) is 0. The maximum atomic E-state index is 6.18. The van der Waals surface area contributed by atoms with Crippen LogP contribution in [0.1, 0.15) is 31.1 Å². The average Bonchev–Trinajstić information content (AvgIpc) is 2.73. The number of hydrogen-bond acceptors (Lipinski definition) is 1. The Labute approximate surface area is 88.9 Å². The van der Waals surface area contributed by atoms with Crippen molar-refractivity contribution in [2.24, 2.45) is 5.41 Å². The lowest BCUT2D eigenvalue weighted by Gasteiger charge is -2.16. The average molecular weight is 215 g/mol. The van der Waals surface area contributed by atoms with Crippen molar-refractivity contribution >= 4 is 22.9 Å². The molecule has 0 radical (unpaired) electrons. The van der Waals surface area contributed by atoms with Crippen LogP contribution in [0.5, 0.6) is 0 Å². The highest BCUT2D eigenvalue weighted by atomic mass is 35.5. The fourth-order valence-electron chi connectivity index (χ4n) is 1.83. The quantitative estimate of drug-likeness (QED) is 0.663. The Morgan fingerprint density at radius 3 is 2.85 bits per heavy atom. The minimum atomic E-state index is 0.354. The van der Waals surface area contributed by atoms with Gasteiger partial charge in [0, 0.05) is 10.3 Å². The maximum Gasteiger partial charge on any atom is 0.0364 e. The Morgan fingerprint density at radius 2 is 2.38 bits per heavy atom. The van der Waals surface area contributed by atoms with Crippen LogP contribution >= 0.6 is 22.9 Å². The molecule has 1 heterocycles.